The molecule has 56 valence electrons. The lowest BCUT2D eigenvalue weighted by Crippen LogP contribution is -2.48. The van der Waals surface area contributed by atoms with Crippen LogP contribution >= 0.6 is 0 Å². The van der Waals surface area contributed by atoms with Gasteiger partial charge in [0.25, 0.3) is 0 Å². The van der Waals surface area contributed by atoms with Gasteiger partial charge in [-0.05, 0) is 36.5 Å². The third kappa shape index (κ3) is 0.574. The first kappa shape index (κ1) is 6.45. The summed E-state index contributed by atoms with van der Waals surface area (Å²) >= 11 is 0. The van der Waals surface area contributed by atoms with E-state index in [4.69, 9.17) is 0 Å². The minimum Gasteiger partial charge on any atom is -0.0996 e. The molecule has 3 aliphatic carbocycles. The first-order chi connectivity index (χ1) is 4.62. The predicted octanol–water partition coefficient (Wildman–Crippen LogP) is 3.00. The largest absolute Gasteiger partial charge is 0.0996 e. The lowest BCUT2D eigenvalue weighted by atomic mass is 9.47. The molecule has 10 heavy (non-hydrogen) atoms. The standard InChI is InChI=1S/C10H16/c1-7-4-5-8-6-9(7)10(8,2)3/h8-9H,1,4-6H2,2-3H3/t8?,9-/m1/s1. The highest BCUT2D eigenvalue weighted by Crippen LogP contribution is 2.60. The predicted molar refractivity (Wildman–Crippen MR) is 43.8 cm³/mol. The van der Waals surface area contributed by atoms with Crippen LogP contribution in [0.2, 0.25) is 0 Å². The highest BCUT2D eigenvalue weighted by molar-refractivity contribution is 5.18. The van der Waals surface area contributed by atoms with Crippen LogP contribution in [-0.4, -0.2) is 0 Å². The van der Waals surface area contributed by atoms with Gasteiger partial charge in [-0.1, -0.05) is 26.0 Å². The lowest BCUT2D eigenvalue weighted by molar-refractivity contribution is -0.0273. The van der Waals surface area contributed by atoms with Gasteiger partial charge in [0.2, 0.25) is 0 Å². The Kier molecular flexibility index (Phi) is 1.07. The Morgan fingerprint density at radius 2 is 2.20 bits per heavy atom. The number of allylic oxidation sites excluding steroid dienone is 1. The maximum Gasteiger partial charge on any atom is -0.0149 e. The van der Waals surface area contributed by atoms with E-state index in [0.717, 1.165) is 11.8 Å². The number of hydrogen-bond acceptors (Lipinski definition) is 0. The average Bonchev–Trinajstić information content (AvgIpc) is 1.87. The molecule has 0 aliphatic heterocycles. The third-order valence-electron chi connectivity index (χ3n) is 3.78. The molecule has 0 aromatic carbocycles. The van der Waals surface area contributed by atoms with Crippen molar-refractivity contribution in [3.8, 4) is 0 Å². The molecule has 0 saturated heterocycles. The second-order valence-corrected chi connectivity index (χ2v) is 4.50. The summed E-state index contributed by atoms with van der Waals surface area (Å²) < 4.78 is 0. The van der Waals surface area contributed by atoms with Gasteiger partial charge in [0.15, 0.2) is 0 Å². The summed E-state index contributed by atoms with van der Waals surface area (Å²) in [5, 5.41) is 0. The monoisotopic (exact) mass is 136 g/mol. The van der Waals surface area contributed by atoms with E-state index in [2.05, 4.69) is 20.4 Å². The van der Waals surface area contributed by atoms with Crippen LogP contribution in [0, 0.1) is 17.3 Å². The molecular weight excluding hydrogens is 120 g/mol. The molecule has 0 heteroatoms. The van der Waals surface area contributed by atoms with Gasteiger partial charge in [0, 0.05) is 0 Å². The quantitative estimate of drug-likeness (QED) is 0.449. The van der Waals surface area contributed by atoms with Crippen LogP contribution in [0.25, 0.3) is 0 Å². The van der Waals surface area contributed by atoms with Gasteiger partial charge in [-0.3, -0.25) is 0 Å². The van der Waals surface area contributed by atoms with Crippen molar-refractivity contribution >= 4 is 0 Å². The molecule has 0 nitrogen and oxygen atoms in total. The van der Waals surface area contributed by atoms with E-state index in [1.807, 2.05) is 0 Å². The van der Waals surface area contributed by atoms with Crippen LogP contribution in [0.4, 0.5) is 0 Å². The summed E-state index contributed by atoms with van der Waals surface area (Å²) in [6.45, 7) is 8.93. The molecule has 3 rings (SSSR count). The van der Waals surface area contributed by atoms with E-state index in [1.54, 1.807) is 0 Å². The van der Waals surface area contributed by atoms with E-state index in [0.29, 0.717) is 5.41 Å². The fourth-order valence-corrected chi connectivity index (χ4v) is 2.73. The number of rotatable bonds is 0. The van der Waals surface area contributed by atoms with Crippen molar-refractivity contribution in [2.24, 2.45) is 17.3 Å². The van der Waals surface area contributed by atoms with Gasteiger partial charge in [-0.25, -0.2) is 0 Å². The topological polar surface area (TPSA) is 0 Å². The van der Waals surface area contributed by atoms with Crippen LogP contribution in [0.5, 0.6) is 0 Å². The van der Waals surface area contributed by atoms with Crippen LogP contribution in [0.15, 0.2) is 12.2 Å². The molecule has 0 spiro atoms. The second kappa shape index (κ2) is 1.66. The highest BCUT2D eigenvalue weighted by Gasteiger charge is 2.51. The van der Waals surface area contributed by atoms with Gasteiger partial charge in [-0.15, -0.1) is 0 Å². The van der Waals surface area contributed by atoms with Crippen LogP contribution in [0.1, 0.15) is 33.1 Å². The molecule has 3 aliphatic rings. The molecule has 3 saturated carbocycles. The van der Waals surface area contributed by atoms with E-state index < -0.39 is 0 Å². The zero-order chi connectivity index (χ0) is 7.35. The van der Waals surface area contributed by atoms with Gasteiger partial charge in [0.1, 0.15) is 0 Å². The zero-order valence-corrected chi connectivity index (χ0v) is 6.98. The first-order valence-corrected chi connectivity index (χ1v) is 4.30. The molecule has 0 amide bonds. The van der Waals surface area contributed by atoms with Crippen molar-refractivity contribution in [3.05, 3.63) is 12.2 Å². The summed E-state index contributed by atoms with van der Waals surface area (Å²) in [4.78, 5) is 0. The van der Waals surface area contributed by atoms with Crippen molar-refractivity contribution in [1.82, 2.24) is 0 Å². The van der Waals surface area contributed by atoms with Gasteiger partial charge in [0.05, 0.1) is 0 Å². The van der Waals surface area contributed by atoms with E-state index in [9.17, 15) is 0 Å². The lowest BCUT2D eigenvalue weighted by Gasteiger charge is -2.57. The van der Waals surface area contributed by atoms with Crippen molar-refractivity contribution in [3.63, 3.8) is 0 Å². The second-order valence-electron chi connectivity index (χ2n) is 4.50. The number of fused-ring (bicyclic) bond motifs is 2. The fraction of sp³-hybridized carbons (Fsp3) is 0.800. The molecule has 0 heterocycles. The van der Waals surface area contributed by atoms with Gasteiger partial charge >= 0.3 is 0 Å². The van der Waals surface area contributed by atoms with Crippen molar-refractivity contribution < 1.29 is 0 Å². The average molecular weight is 136 g/mol. The minimum atomic E-state index is 0.606. The Hall–Kier alpha value is -0.260. The molecule has 2 atom stereocenters. The smallest absolute Gasteiger partial charge is 0.0149 e. The third-order valence-corrected chi connectivity index (χ3v) is 3.78. The summed E-state index contributed by atoms with van der Waals surface area (Å²) in [5.74, 6) is 1.88. The molecule has 2 bridgehead atoms. The maximum absolute atomic E-state index is 4.13. The molecule has 3 fully saturated rings. The van der Waals surface area contributed by atoms with Crippen molar-refractivity contribution in [2.75, 3.05) is 0 Å². The van der Waals surface area contributed by atoms with Crippen molar-refractivity contribution in [2.45, 2.75) is 33.1 Å². The summed E-state index contributed by atoms with van der Waals surface area (Å²) in [5.41, 5.74) is 2.13. The summed E-state index contributed by atoms with van der Waals surface area (Å²) in [6, 6.07) is 0. The summed E-state index contributed by atoms with van der Waals surface area (Å²) in [7, 11) is 0. The minimum absolute atomic E-state index is 0.606. The molecular formula is C10H16. The van der Waals surface area contributed by atoms with Crippen LogP contribution in [0.3, 0.4) is 0 Å². The molecule has 1 unspecified atom stereocenters. The Labute approximate surface area is 63.3 Å². The molecule has 0 aromatic heterocycles. The SMILES string of the molecule is C=C1CCC2C[C@H]1C2(C)C. The normalized spacial score (nSPS) is 42.8. The maximum atomic E-state index is 4.13. The molecule has 0 aromatic rings. The first-order valence-electron chi connectivity index (χ1n) is 4.30. The Balaban J connectivity index is 2.23. The van der Waals surface area contributed by atoms with Gasteiger partial charge < -0.3 is 0 Å². The zero-order valence-electron chi connectivity index (χ0n) is 6.98. The van der Waals surface area contributed by atoms with Crippen molar-refractivity contribution in [1.29, 1.82) is 0 Å². The van der Waals surface area contributed by atoms with E-state index >= 15 is 0 Å². The summed E-state index contributed by atoms with van der Waals surface area (Å²) in [6.07, 6.45) is 4.15. The number of hydrogen-bond donors (Lipinski definition) is 0. The Morgan fingerprint density at radius 3 is 2.50 bits per heavy atom. The van der Waals surface area contributed by atoms with E-state index in [1.165, 1.54) is 24.8 Å². The Morgan fingerprint density at radius 1 is 1.50 bits per heavy atom. The van der Waals surface area contributed by atoms with Crippen LogP contribution in [-0.2, 0) is 0 Å². The molecule has 0 radical (unpaired) electrons. The van der Waals surface area contributed by atoms with E-state index in [-0.39, 0.29) is 0 Å². The Bertz CT molecular complexity index is 174. The van der Waals surface area contributed by atoms with Crippen LogP contribution < -0.4 is 0 Å². The van der Waals surface area contributed by atoms with Gasteiger partial charge in [-0.2, -0.15) is 0 Å². The molecule has 0 N–H and O–H groups in total. The fourth-order valence-electron chi connectivity index (χ4n) is 2.73. The highest BCUT2D eigenvalue weighted by atomic mass is 14.6.